The van der Waals surface area contributed by atoms with E-state index >= 15 is 0 Å². The third-order valence-electron chi connectivity index (χ3n) is 2.64. The van der Waals surface area contributed by atoms with Gasteiger partial charge in [0.05, 0.1) is 11.3 Å². The zero-order valence-corrected chi connectivity index (χ0v) is 11.4. The highest BCUT2D eigenvalue weighted by atomic mass is 35.5. The average molecular weight is 320 g/mol. The Morgan fingerprint density at radius 2 is 2.05 bits per heavy atom. The molecule has 21 heavy (non-hydrogen) atoms. The summed E-state index contributed by atoms with van der Waals surface area (Å²) < 4.78 is 39.4. The molecule has 0 bridgehead atoms. The molecule has 0 aliphatic carbocycles. The Balaban J connectivity index is 2.61. The van der Waals surface area contributed by atoms with Crippen LogP contribution in [-0.2, 0) is 12.6 Å². The maximum Gasteiger partial charge on any atom is 0.416 e. The number of carbonyl (C=O) groups is 1. The van der Waals surface area contributed by atoms with Gasteiger partial charge in [-0.25, -0.2) is 14.5 Å². The van der Waals surface area contributed by atoms with Crippen molar-refractivity contribution in [2.24, 2.45) is 0 Å². The highest BCUT2D eigenvalue weighted by molar-refractivity contribution is 6.30. The van der Waals surface area contributed by atoms with Gasteiger partial charge in [-0.2, -0.15) is 13.2 Å². The topological polar surface area (TPSA) is 68.0 Å². The highest BCUT2D eigenvalue weighted by Crippen LogP contribution is 2.32. The van der Waals surface area contributed by atoms with Crippen molar-refractivity contribution in [3.63, 3.8) is 0 Å². The van der Waals surface area contributed by atoms with E-state index in [0.29, 0.717) is 6.42 Å². The number of aryl methyl sites for hydroxylation is 1. The second kappa shape index (κ2) is 5.36. The Bertz CT molecular complexity index is 698. The lowest BCUT2D eigenvalue weighted by Crippen LogP contribution is -2.08. The molecule has 0 amide bonds. The molecule has 0 unspecified atom stereocenters. The van der Waals surface area contributed by atoms with Gasteiger partial charge in [-0.05, 0) is 18.2 Å². The quantitative estimate of drug-likeness (QED) is 0.943. The number of nitrogens with zero attached hydrogens (tertiary/aromatic N) is 3. The minimum atomic E-state index is -4.57. The summed E-state index contributed by atoms with van der Waals surface area (Å²) in [4.78, 5) is 14.6. The standard InChI is InChI=1S/C12H9ClF3N3O2/c1-2-9-17-10(11(20)21)18-19(9)8-4-6(12(14,15)16)3-7(13)5-8/h3-5H,2H2,1H3,(H,20,21). The van der Waals surface area contributed by atoms with Crippen molar-refractivity contribution < 1.29 is 23.1 Å². The molecule has 1 N–H and O–H groups in total. The number of benzene rings is 1. The summed E-state index contributed by atoms with van der Waals surface area (Å²) in [5.41, 5.74) is -0.939. The Morgan fingerprint density at radius 1 is 1.38 bits per heavy atom. The first-order valence-corrected chi connectivity index (χ1v) is 6.17. The van der Waals surface area contributed by atoms with Crippen molar-refractivity contribution in [2.75, 3.05) is 0 Å². The number of rotatable bonds is 3. The molecule has 0 saturated carbocycles. The zero-order valence-electron chi connectivity index (χ0n) is 10.6. The Kier molecular flexibility index (Phi) is 3.91. The molecule has 0 fully saturated rings. The van der Waals surface area contributed by atoms with Crippen LogP contribution in [0, 0.1) is 0 Å². The summed E-state index contributed by atoms with van der Waals surface area (Å²) in [5, 5.41) is 12.4. The number of carboxylic acid groups (broad SMARTS) is 1. The van der Waals surface area contributed by atoms with E-state index in [1.807, 2.05) is 0 Å². The minimum Gasteiger partial charge on any atom is -0.475 e. The van der Waals surface area contributed by atoms with Gasteiger partial charge < -0.3 is 5.11 Å². The first-order chi connectivity index (χ1) is 9.72. The molecular formula is C12H9ClF3N3O2. The number of carboxylic acids is 1. The van der Waals surface area contributed by atoms with Crippen LogP contribution in [0.15, 0.2) is 18.2 Å². The van der Waals surface area contributed by atoms with E-state index in [4.69, 9.17) is 16.7 Å². The van der Waals surface area contributed by atoms with E-state index in [1.54, 1.807) is 6.92 Å². The number of aromatic nitrogens is 3. The van der Waals surface area contributed by atoms with Crippen LogP contribution in [0.2, 0.25) is 5.02 Å². The molecule has 0 radical (unpaired) electrons. The van der Waals surface area contributed by atoms with Crippen LogP contribution in [0.3, 0.4) is 0 Å². The first kappa shape index (κ1) is 15.3. The Labute approximate surface area is 122 Å². The van der Waals surface area contributed by atoms with E-state index in [2.05, 4.69) is 10.1 Å². The van der Waals surface area contributed by atoms with Crippen molar-refractivity contribution in [3.8, 4) is 5.69 Å². The van der Waals surface area contributed by atoms with Gasteiger partial charge in [0, 0.05) is 11.4 Å². The summed E-state index contributed by atoms with van der Waals surface area (Å²) in [6.45, 7) is 1.68. The molecule has 0 aliphatic heterocycles. The fraction of sp³-hybridized carbons (Fsp3) is 0.250. The van der Waals surface area contributed by atoms with E-state index < -0.39 is 23.5 Å². The molecule has 2 rings (SSSR count). The molecule has 5 nitrogen and oxygen atoms in total. The monoisotopic (exact) mass is 319 g/mol. The Morgan fingerprint density at radius 3 is 2.57 bits per heavy atom. The smallest absolute Gasteiger partial charge is 0.416 e. The van der Waals surface area contributed by atoms with Crippen molar-refractivity contribution in [1.29, 1.82) is 0 Å². The molecule has 1 aromatic heterocycles. The molecule has 0 atom stereocenters. The molecule has 2 aromatic rings. The number of halogens is 4. The second-order valence-electron chi connectivity index (χ2n) is 4.12. The first-order valence-electron chi connectivity index (χ1n) is 5.79. The van der Waals surface area contributed by atoms with Crippen LogP contribution in [0.5, 0.6) is 0 Å². The largest absolute Gasteiger partial charge is 0.475 e. The molecular weight excluding hydrogens is 311 g/mol. The van der Waals surface area contributed by atoms with Crippen LogP contribution in [0.25, 0.3) is 5.69 Å². The van der Waals surface area contributed by atoms with E-state index in [9.17, 15) is 18.0 Å². The van der Waals surface area contributed by atoms with E-state index in [-0.39, 0.29) is 16.5 Å². The fourth-order valence-corrected chi connectivity index (χ4v) is 1.96. The lowest BCUT2D eigenvalue weighted by molar-refractivity contribution is -0.137. The normalized spacial score (nSPS) is 11.7. The number of aromatic carboxylic acids is 1. The van der Waals surface area contributed by atoms with Crippen molar-refractivity contribution in [2.45, 2.75) is 19.5 Å². The van der Waals surface area contributed by atoms with Crippen LogP contribution < -0.4 is 0 Å². The van der Waals surface area contributed by atoms with Gasteiger partial charge >= 0.3 is 12.1 Å². The van der Waals surface area contributed by atoms with Gasteiger partial charge in [-0.3, -0.25) is 0 Å². The second-order valence-corrected chi connectivity index (χ2v) is 4.55. The van der Waals surface area contributed by atoms with Crippen LogP contribution in [0.4, 0.5) is 13.2 Å². The van der Waals surface area contributed by atoms with Gasteiger partial charge in [-0.1, -0.05) is 18.5 Å². The molecule has 0 spiro atoms. The third-order valence-corrected chi connectivity index (χ3v) is 2.85. The highest BCUT2D eigenvalue weighted by Gasteiger charge is 2.31. The SMILES string of the molecule is CCc1nc(C(=O)O)nn1-c1cc(Cl)cc(C(F)(F)F)c1. The molecule has 9 heteroatoms. The van der Waals surface area contributed by atoms with Gasteiger partial charge in [0.1, 0.15) is 5.82 Å². The zero-order chi connectivity index (χ0) is 15.8. The molecule has 0 aliphatic rings. The van der Waals surface area contributed by atoms with Crippen LogP contribution in [-0.4, -0.2) is 25.8 Å². The molecule has 1 aromatic carbocycles. The van der Waals surface area contributed by atoms with Crippen molar-refractivity contribution in [3.05, 3.63) is 40.4 Å². The number of hydrogen-bond acceptors (Lipinski definition) is 3. The minimum absolute atomic E-state index is 0.00618. The number of alkyl halides is 3. The molecule has 112 valence electrons. The molecule has 1 heterocycles. The molecule has 0 saturated heterocycles. The summed E-state index contributed by atoms with van der Waals surface area (Å²) in [6.07, 6.45) is -4.27. The van der Waals surface area contributed by atoms with Gasteiger partial charge in [0.25, 0.3) is 5.82 Å². The maximum atomic E-state index is 12.8. The lowest BCUT2D eigenvalue weighted by atomic mass is 10.2. The van der Waals surface area contributed by atoms with Gasteiger partial charge in [0.2, 0.25) is 0 Å². The number of hydrogen-bond donors (Lipinski definition) is 1. The van der Waals surface area contributed by atoms with E-state index in [0.717, 1.165) is 16.8 Å². The summed E-state index contributed by atoms with van der Waals surface area (Å²) in [5.74, 6) is -1.62. The van der Waals surface area contributed by atoms with Gasteiger partial charge in [-0.15, -0.1) is 5.10 Å². The van der Waals surface area contributed by atoms with Crippen molar-refractivity contribution >= 4 is 17.6 Å². The summed E-state index contributed by atoms with van der Waals surface area (Å²) in [7, 11) is 0. The van der Waals surface area contributed by atoms with Gasteiger partial charge in [0.15, 0.2) is 0 Å². The Hall–Kier alpha value is -2.09. The van der Waals surface area contributed by atoms with Crippen LogP contribution >= 0.6 is 11.6 Å². The lowest BCUT2D eigenvalue weighted by Gasteiger charge is -2.10. The maximum absolute atomic E-state index is 12.8. The van der Waals surface area contributed by atoms with Crippen molar-refractivity contribution in [1.82, 2.24) is 14.8 Å². The van der Waals surface area contributed by atoms with E-state index in [1.165, 1.54) is 6.07 Å². The predicted octanol–water partition coefficient (Wildman–Crippen LogP) is 3.20. The van der Waals surface area contributed by atoms with Crippen LogP contribution in [0.1, 0.15) is 28.9 Å². The summed E-state index contributed by atoms with van der Waals surface area (Å²) in [6, 6.07) is 2.88. The third kappa shape index (κ3) is 3.15. The summed E-state index contributed by atoms with van der Waals surface area (Å²) >= 11 is 5.69. The fourth-order valence-electron chi connectivity index (χ4n) is 1.73. The predicted molar refractivity (Wildman–Crippen MR) is 67.7 cm³/mol. The average Bonchev–Trinajstić information content (AvgIpc) is 2.81.